The SMILES string of the molecule is C#CCCCNCc1ccccc1C#N. The summed E-state index contributed by atoms with van der Waals surface area (Å²) in [6.45, 7) is 1.62. The Morgan fingerprint density at radius 3 is 2.87 bits per heavy atom. The average molecular weight is 198 g/mol. The zero-order valence-electron chi connectivity index (χ0n) is 8.66. The van der Waals surface area contributed by atoms with Crippen molar-refractivity contribution < 1.29 is 0 Å². The third-order valence-corrected chi connectivity index (χ3v) is 2.13. The molecule has 2 nitrogen and oxygen atoms in total. The van der Waals surface area contributed by atoms with Crippen molar-refractivity contribution in [2.24, 2.45) is 0 Å². The Morgan fingerprint density at radius 1 is 1.33 bits per heavy atom. The van der Waals surface area contributed by atoms with Gasteiger partial charge in [0, 0.05) is 13.0 Å². The van der Waals surface area contributed by atoms with Gasteiger partial charge >= 0.3 is 0 Å². The molecule has 0 radical (unpaired) electrons. The van der Waals surface area contributed by atoms with E-state index >= 15 is 0 Å². The monoisotopic (exact) mass is 198 g/mol. The molecule has 0 saturated carbocycles. The fraction of sp³-hybridized carbons (Fsp3) is 0.308. The molecule has 76 valence electrons. The van der Waals surface area contributed by atoms with Crippen molar-refractivity contribution in [1.29, 1.82) is 5.26 Å². The minimum absolute atomic E-state index is 0.730. The Bertz CT molecular complexity index is 382. The van der Waals surface area contributed by atoms with Crippen molar-refractivity contribution >= 4 is 0 Å². The van der Waals surface area contributed by atoms with Gasteiger partial charge in [0.1, 0.15) is 0 Å². The van der Waals surface area contributed by atoms with Crippen molar-refractivity contribution in [3.63, 3.8) is 0 Å². The molecule has 0 aromatic heterocycles. The Hall–Kier alpha value is -1.77. The zero-order chi connectivity index (χ0) is 10.9. The minimum atomic E-state index is 0.730. The van der Waals surface area contributed by atoms with Crippen molar-refractivity contribution in [3.05, 3.63) is 35.4 Å². The average Bonchev–Trinajstić information content (AvgIpc) is 2.29. The molecule has 0 aliphatic carbocycles. The maximum atomic E-state index is 8.85. The van der Waals surface area contributed by atoms with Crippen LogP contribution < -0.4 is 5.32 Å². The van der Waals surface area contributed by atoms with Gasteiger partial charge in [-0.3, -0.25) is 0 Å². The van der Waals surface area contributed by atoms with E-state index in [1.165, 1.54) is 0 Å². The van der Waals surface area contributed by atoms with Crippen LogP contribution >= 0.6 is 0 Å². The van der Waals surface area contributed by atoms with Crippen LogP contribution in [0.3, 0.4) is 0 Å². The lowest BCUT2D eigenvalue weighted by atomic mass is 10.1. The molecule has 1 rings (SSSR count). The maximum absolute atomic E-state index is 8.85. The molecule has 0 atom stereocenters. The lowest BCUT2D eigenvalue weighted by Gasteiger charge is -2.04. The highest BCUT2D eigenvalue weighted by molar-refractivity contribution is 5.37. The van der Waals surface area contributed by atoms with Crippen molar-refractivity contribution in [2.45, 2.75) is 19.4 Å². The smallest absolute Gasteiger partial charge is 0.0995 e. The van der Waals surface area contributed by atoms with E-state index in [-0.39, 0.29) is 0 Å². The van der Waals surface area contributed by atoms with Crippen LogP contribution in [0, 0.1) is 23.7 Å². The zero-order valence-corrected chi connectivity index (χ0v) is 8.66. The summed E-state index contributed by atoms with van der Waals surface area (Å²) in [6, 6.07) is 9.79. The summed E-state index contributed by atoms with van der Waals surface area (Å²) in [7, 11) is 0. The summed E-state index contributed by atoms with van der Waals surface area (Å²) in [5, 5.41) is 12.1. The molecule has 1 aromatic carbocycles. The molecular weight excluding hydrogens is 184 g/mol. The van der Waals surface area contributed by atoms with Gasteiger partial charge < -0.3 is 5.32 Å². The van der Waals surface area contributed by atoms with E-state index in [4.69, 9.17) is 11.7 Å². The Kier molecular flexibility index (Phi) is 5.01. The van der Waals surface area contributed by atoms with Crippen LogP contribution in [0.15, 0.2) is 24.3 Å². The number of rotatable bonds is 5. The summed E-state index contributed by atoms with van der Waals surface area (Å²) in [5.41, 5.74) is 1.78. The van der Waals surface area contributed by atoms with E-state index < -0.39 is 0 Å². The van der Waals surface area contributed by atoms with Crippen molar-refractivity contribution in [3.8, 4) is 18.4 Å². The van der Waals surface area contributed by atoms with Gasteiger partial charge in [-0.25, -0.2) is 0 Å². The molecule has 1 aromatic rings. The van der Waals surface area contributed by atoms with E-state index in [1.54, 1.807) is 0 Å². The second-order valence-electron chi connectivity index (χ2n) is 3.25. The van der Waals surface area contributed by atoms with Crippen LogP contribution in [0.1, 0.15) is 24.0 Å². The van der Waals surface area contributed by atoms with Gasteiger partial charge in [0.05, 0.1) is 11.6 Å². The number of hydrogen-bond acceptors (Lipinski definition) is 2. The Labute approximate surface area is 90.9 Å². The quantitative estimate of drug-likeness (QED) is 0.580. The van der Waals surface area contributed by atoms with E-state index in [0.717, 1.165) is 37.1 Å². The number of terminal acetylenes is 1. The van der Waals surface area contributed by atoms with Crippen LogP contribution in [0.2, 0.25) is 0 Å². The van der Waals surface area contributed by atoms with Crippen LogP contribution in [0.4, 0.5) is 0 Å². The molecular formula is C13H14N2. The van der Waals surface area contributed by atoms with Gasteiger partial charge in [0.2, 0.25) is 0 Å². The fourth-order valence-corrected chi connectivity index (χ4v) is 1.32. The molecule has 0 spiro atoms. The first-order valence-corrected chi connectivity index (χ1v) is 5.00. The van der Waals surface area contributed by atoms with Gasteiger partial charge in [0.25, 0.3) is 0 Å². The largest absolute Gasteiger partial charge is 0.313 e. The molecule has 0 aliphatic heterocycles. The van der Waals surface area contributed by atoms with Crippen molar-refractivity contribution in [2.75, 3.05) is 6.54 Å². The summed E-state index contributed by atoms with van der Waals surface area (Å²) < 4.78 is 0. The Morgan fingerprint density at radius 2 is 2.13 bits per heavy atom. The molecule has 0 amide bonds. The topological polar surface area (TPSA) is 35.8 Å². The van der Waals surface area contributed by atoms with E-state index in [9.17, 15) is 0 Å². The predicted molar refractivity (Wildman–Crippen MR) is 60.9 cm³/mol. The molecule has 2 heteroatoms. The molecule has 0 heterocycles. The van der Waals surface area contributed by atoms with Crippen LogP contribution in [-0.2, 0) is 6.54 Å². The van der Waals surface area contributed by atoms with Crippen LogP contribution in [-0.4, -0.2) is 6.54 Å². The summed E-state index contributed by atoms with van der Waals surface area (Å²) in [4.78, 5) is 0. The lowest BCUT2D eigenvalue weighted by Crippen LogP contribution is -2.15. The standard InChI is InChI=1S/C13H14N2/c1-2-3-6-9-15-11-13-8-5-4-7-12(13)10-14/h1,4-5,7-8,15H,3,6,9,11H2. The second-order valence-corrected chi connectivity index (χ2v) is 3.25. The van der Waals surface area contributed by atoms with E-state index in [0.29, 0.717) is 0 Å². The first-order valence-electron chi connectivity index (χ1n) is 5.00. The fourth-order valence-electron chi connectivity index (χ4n) is 1.32. The van der Waals surface area contributed by atoms with Gasteiger partial charge in [-0.1, -0.05) is 18.2 Å². The number of benzene rings is 1. The molecule has 0 saturated heterocycles. The number of unbranched alkanes of at least 4 members (excludes halogenated alkanes) is 1. The predicted octanol–water partition coefficient (Wildman–Crippen LogP) is 2.06. The van der Waals surface area contributed by atoms with Crippen molar-refractivity contribution in [1.82, 2.24) is 5.32 Å². The normalized spacial score (nSPS) is 9.20. The number of hydrogen-bond donors (Lipinski definition) is 1. The highest BCUT2D eigenvalue weighted by atomic mass is 14.8. The summed E-state index contributed by atoms with van der Waals surface area (Å²) >= 11 is 0. The van der Waals surface area contributed by atoms with Crippen LogP contribution in [0.25, 0.3) is 0 Å². The van der Waals surface area contributed by atoms with Gasteiger partial charge in [0.15, 0.2) is 0 Å². The first-order chi connectivity index (χ1) is 7.38. The molecule has 1 N–H and O–H groups in total. The van der Waals surface area contributed by atoms with E-state index in [1.807, 2.05) is 24.3 Å². The summed E-state index contributed by atoms with van der Waals surface area (Å²) in [6.07, 6.45) is 6.92. The number of nitrogens with zero attached hydrogens (tertiary/aromatic N) is 1. The molecule has 0 unspecified atom stereocenters. The first kappa shape index (κ1) is 11.3. The van der Waals surface area contributed by atoms with Gasteiger partial charge in [-0.15, -0.1) is 12.3 Å². The molecule has 0 fully saturated rings. The van der Waals surface area contributed by atoms with E-state index in [2.05, 4.69) is 17.3 Å². The maximum Gasteiger partial charge on any atom is 0.0995 e. The van der Waals surface area contributed by atoms with Gasteiger partial charge in [-0.05, 0) is 24.6 Å². The van der Waals surface area contributed by atoms with Crippen LogP contribution in [0.5, 0.6) is 0 Å². The summed E-state index contributed by atoms with van der Waals surface area (Å²) in [5.74, 6) is 2.60. The molecule has 0 aliphatic rings. The highest BCUT2D eigenvalue weighted by Gasteiger charge is 1.98. The third kappa shape index (κ3) is 3.85. The highest BCUT2D eigenvalue weighted by Crippen LogP contribution is 2.06. The molecule has 0 bridgehead atoms. The van der Waals surface area contributed by atoms with Gasteiger partial charge in [-0.2, -0.15) is 5.26 Å². The number of nitrogens with one attached hydrogen (secondary N) is 1. The third-order valence-electron chi connectivity index (χ3n) is 2.13. The minimum Gasteiger partial charge on any atom is -0.313 e. The lowest BCUT2D eigenvalue weighted by molar-refractivity contribution is 0.658. The number of nitriles is 1. The Balaban J connectivity index is 2.38. The second kappa shape index (κ2) is 6.65. The molecule has 15 heavy (non-hydrogen) atoms.